The Hall–Kier alpha value is -1.81. The lowest BCUT2D eigenvalue weighted by atomic mass is 9.99. The van der Waals surface area contributed by atoms with Gasteiger partial charge in [-0.05, 0) is 33.9 Å². The van der Waals surface area contributed by atoms with Gasteiger partial charge in [0, 0.05) is 30.0 Å². The van der Waals surface area contributed by atoms with Gasteiger partial charge in [-0.3, -0.25) is 4.79 Å². The van der Waals surface area contributed by atoms with Crippen LogP contribution in [0.4, 0.5) is 0 Å². The molecule has 1 aliphatic rings. The van der Waals surface area contributed by atoms with E-state index in [4.69, 9.17) is 44.3 Å². The third-order valence-electron chi connectivity index (χ3n) is 6.31. The molecule has 208 valence electrons. The average Bonchev–Trinajstić information content (AvgIpc) is 2.95. The summed E-state index contributed by atoms with van der Waals surface area (Å²) in [6, 6.07) is 23.6. The number of amides is 1. The Balaban J connectivity index is 1.48. The molecule has 0 spiro atoms. The summed E-state index contributed by atoms with van der Waals surface area (Å²) < 4.78 is 10.7. The van der Waals surface area contributed by atoms with Crippen LogP contribution in [0.2, 0.25) is 0 Å². The zero-order valence-corrected chi connectivity index (χ0v) is 24.1. The minimum Gasteiger partial charge on any atom is -0.396 e. The average molecular weight is 611 g/mol. The van der Waals surface area contributed by atoms with E-state index in [9.17, 15) is 15.0 Å². The standard InChI is InChI=1S/C29H30Cl3NO5S/c30-29(31,32)28(36)33-16-20-2-1-3-24(14-20)21-8-10-23(11-9-21)27-37-25(18-39-13-12-34)15-26(38-27)22-6-4-19(17-35)5-7-22/h1-11,14,25-27,34-35H,12-13,15-18H2,(H,33,36)/t25-,26+,27+/m0/s1. The summed E-state index contributed by atoms with van der Waals surface area (Å²) in [5.41, 5.74) is 5.64. The van der Waals surface area contributed by atoms with Crippen molar-refractivity contribution in [3.63, 3.8) is 0 Å². The van der Waals surface area contributed by atoms with Gasteiger partial charge in [0.2, 0.25) is 0 Å². The largest absolute Gasteiger partial charge is 0.396 e. The van der Waals surface area contributed by atoms with Gasteiger partial charge in [0.25, 0.3) is 9.70 Å². The zero-order chi connectivity index (χ0) is 27.8. The highest BCUT2D eigenvalue weighted by Crippen LogP contribution is 2.39. The molecule has 4 rings (SSSR count). The molecule has 1 amide bonds. The maximum absolute atomic E-state index is 11.9. The van der Waals surface area contributed by atoms with Crippen molar-refractivity contribution in [3.8, 4) is 11.1 Å². The molecule has 39 heavy (non-hydrogen) atoms. The van der Waals surface area contributed by atoms with E-state index in [0.717, 1.165) is 39.1 Å². The van der Waals surface area contributed by atoms with E-state index >= 15 is 0 Å². The van der Waals surface area contributed by atoms with E-state index in [1.807, 2.05) is 72.8 Å². The van der Waals surface area contributed by atoms with Crippen LogP contribution in [0, 0.1) is 0 Å². The lowest BCUT2D eigenvalue weighted by molar-refractivity contribution is -0.245. The molecule has 3 aromatic rings. The van der Waals surface area contributed by atoms with Crippen molar-refractivity contribution >= 4 is 52.5 Å². The number of aliphatic hydroxyl groups is 2. The molecule has 0 aliphatic carbocycles. The summed E-state index contributed by atoms with van der Waals surface area (Å²) in [5, 5.41) is 21.2. The Bertz CT molecular complexity index is 1220. The van der Waals surface area contributed by atoms with Gasteiger partial charge in [0.15, 0.2) is 6.29 Å². The van der Waals surface area contributed by atoms with E-state index in [2.05, 4.69) is 5.32 Å². The van der Waals surface area contributed by atoms with Crippen molar-refractivity contribution in [3.05, 3.63) is 95.1 Å². The summed E-state index contributed by atoms with van der Waals surface area (Å²) in [5.74, 6) is 0.736. The fourth-order valence-electron chi connectivity index (χ4n) is 4.28. The van der Waals surface area contributed by atoms with Crippen LogP contribution in [0.5, 0.6) is 0 Å². The second kappa shape index (κ2) is 14.2. The monoisotopic (exact) mass is 609 g/mol. The highest BCUT2D eigenvalue weighted by atomic mass is 35.6. The number of thioether (sulfide) groups is 1. The minimum atomic E-state index is -2.00. The maximum atomic E-state index is 11.9. The van der Waals surface area contributed by atoms with E-state index < -0.39 is 16.0 Å². The highest BCUT2D eigenvalue weighted by molar-refractivity contribution is 7.99. The van der Waals surface area contributed by atoms with Crippen LogP contribution < -0.4 is 5.32 Å². The molecule has 3 atom stereocenters. The van der Waals surface area contributed by atoms with Crippen LogP contribution in [0.15, 0.2) is 72.8 Å². The first-order valence-corrected chi connectivity index (χ1v) is 14.8. The number of halogens is 3. The molecule has 1 saturated heterocycles. The molecule has 0 saturated carbocycles. The number of rotatable bonds is 10. The molecule has 1 aliphatic heterocycles. The third-order valence-corrected chi connectivity index (χ3v) is 7.90. The molecular formula is C29H30Cl3NO5S. The first-order valence-electron chi connectivity index (χ1n) is 12.5. The number of alkyl halides is 3. The minimum absolute atomic E-state index is 0.00316. The molecule has 1 fully saturated rings. The van der Waals surface area contributed by atoms with Gasteiger partial charge in [0.05, 0.1) is 25.4 Å². The van der Waals surface area contributed by atoms with Crippen molar-refractivity contribution < 1.29 is 24.5 Å². The molecule has 3 aromatic carbocycles. The van der Waals surface area contributed by atoms with Gasteiger partial charge >= 0.3 is 0 Å². The second-order valence-corrected chi connectivity index (χ2v) is 12.6. The van der Waals surface area contributed by atoms with E-state index in [1.54, 1.807) is 11.8 Å². The Morgan fingerprint density at radius 1 is 0.923 bits per heavy atom. The van der Waals surface area contributed by atoms with Gasteiger partial charge in [-0.2, -0.15) is 11.8 Å². The normalized spacial score (nSPS) is 19.6. The van der Waals surface area contributed by atoms with Crippen LogP contribution in [0.1, 0.15) is 41.1 Å². The molecule has 0 unspecified atom stereocenters. The molecule has 3 N–H and O–H groups in total. The van der Waals surface area contributed by atoms with Crippen molar-refractivity contribution in [1.29, 1.82) is 0 Å². The van der Waals surface area contributed by atoms with Gasteiger partial charge in [-0.25, -0.2) is 0 Å². The predicted molar refractivity (Wildman–Crippen MR) is 157 cm³/mol. The molecule has 0 radical (unpaired) electrons. The first-order chi connectivity index (χ1) is 18.8. The number of aliphatic hydroxyl groups excluding tert-OH is 2. The summed E-state index contributed by atoms with van der Waals surface area (Å²) in [6.45, 7) is 0.362. The van der Waals surface area contributed by atoms with E-state index in [-0.39, 0.29) is 32.0 Å². The number of hydrogen-bond donors (Lipinski definition) is 3. The molecule has 0 bridgehead atoms. The Labute approximate surface area is 247 Å². The summed E-state index contributed by atoms with van der Waals surface area (Å²) in [4.78, 5) is 11.9. The number of carbonyl (C=O) groups excluding carboxylic acids is 1. The third kappa shape index (κ3) is 8.59. The molecule has 10 heteroatoms. The molecule has 1 heterocycles. The lowest BCUT2D eigenvalue weighted by Gasteiger charge is -2.36. The number of ether oxygens (including phenoxy) is 2. The highest BCUT2D eigenvalue weighted by Gasteiger charge is 2.32. The predicted octanol–water partition coefficient (Wildman–Crippen LogP) is 6.10. The van der Waals surface area contributed by atoms with Crippen LogP contribution in [0.3, 0.4) is 0 Å². The fraction of sp³-hybridized carbons (Fsp3) is 0.345. The number of nitrogens with one attached hydrogen (secondary N) is 1. The zero-order valence-electron chi connectivity index (χ0n) is 21.1. The fourth-order valence-corrected chi connectivity index (χ4v) is 5.25. The Morgan fingerprint density at radius 3 is 2.31 bits per heavy atom. The summed E-state index contributed by atoms with van der Waals surface area (Å²) >= 11 is 18.5. The SMILES string of the molecule is O=C(NCc1cccc(-c2ccc([C@@H]3O[C@H](CSCCO)C[C@H](c4ccc(CO)cc4)O3)cc2)c1)C(Cl)(Cl)Cl. The van der Waals surface area contributed by atoms with Crippen LogP contribution >= 0.6 is 46.6 Å². The van der Waals surface area contributed by atoms with Crippen molar-refractivity contribution in [2.45, 2.75) is 41.9 Å². The second-order valence-electron chi connectivity index (χ2n) is 9.15. The smallest absolute Gasteiger partial charge is 0.272 e. The number of benzene rings is 3. The topological polar surface area (TPSA) is 88.0 Å². The molecule has 6 nitrogen and oxygen atoms in total. The van der Waals surface area contributed by atoms with E-state index in [1.165, 1.54) is 0 Å². The number of hydrogen-bond acceptors (Lipinski definition) is 6. The summed E-state index contributed by atoms with van der Waals surface area (Å²) in [7, 11) is 0. The van der Waals surface area contributed by atoms with Crippen LogP contribution in [0.25, 0.3) is 11.1 Å². The van der Waals surface area contributed by atoms with Crippen LogP contribution in [-0.4, -0.2) is 44.1 Å². The first kappa shape index (κ1) is 30.2. The van der Waals surface area contributed by atoms with Gasteiger partial charge in [-0.1, -0.05) is 102 Å². The van der Waals surface area contributed by atoms with Crippen LogP contribution in [-0.2, 0) is 27.4 Å². The molecular weight excluding hydrogens is 581 g/mol. The van der Waals surface area contributed by atoms with Crippen molar-refractivity contribution in [2.75, 3.05) is 18.1 Å². The van der Waals surface area contributed by atoms with Crippen molar-refractivity contribution in [2.24, 2.45) is 0 Å². The van der Waals surface area contributed by atoms with Gasteiger partial charge < -0.3 is 25.0 Å². The maximum Gasteiger partial charge on any atom is 0.272 e. The van der Waals surface area contributed by atoms with Gasteiger partial charge in [0.1, 0.15) is 0 Å². The van der Waals surface area contributed by atoms with E-state index in [0.29, 0.717) is 12.2 Å². The lowest BCUT2D eigenvalue weighted by Crippen LogP contribution is -2.33. The Morgan fingerprint density at radius 2 is 1.64 bits per heavy atom. The quantitative estimate of drug-likeness (QED) is 0.190. The Kier molecular flexibility index (Phi) is 11.0. The summed E-state index contributed by atoms with van der Waals surface area (Å²) in [6.07, 6.45) is -0.0383. The van der Waals surface area contributed by atoms with Crippen molar-refractivity contribution in [1.82, 2.24) is 5.32 Å². The van der Waals surface area contributed by atoms with Gasteiger partial charge in [-0.15, -0.1) is 0 Å². The molecule has 0 aromatic heterocycles. The number of carbonyl (C=O) groups is 1.